The fourth-order valence-electron chi connectivity index (χ4n) is 2.45. The smallest absolute Gasteiger partial charge is 0.229 e. The van der Waals surface area contributed by atoms with Gasteiger partial charge in [0.25, 0.3) is 0 Å². The Morgan fingerprint density at radius 3 is 2.80 bits per heavy atom. The number of aliphatic hydroxyl groups excluding tert-OH is 1. The molecule has 0 radical (unpaired) electrons. The molecule has 4 nitrogen and oxygen atoms in total. The van der Waals surface area contributed by atoms with E-state index in [1.165, 1.54) is 11.1 Å². The van der Waals surface area contributed by atoms with Gasteiger partial charge >= 0.3 is 0 Å². The van der Waals surface area contributed by atoms with Gasteiger partial charge in [0.05, 0.1) is 18.4 Å². The van der Waals surface area contributed by atoms with Gasteiger partial charge in [-0.05, 0) is 23.0 Å². The summed E-state index contributed by atoms with van der Waals surface area (Å²) < 4.78 is 5.28. The van der Waals surface area contributed by atoms with Crippen molar-refractivity contribution in [3.8, 4) is 0 Å². The highest BCUT2D eigenvalue weighted by atomic mass is 16.5. The highest BCUT2D eigenvalue weighted by Crippen LogP contribution is 2.38. The first-order valence-corrected chi connectivity index (χ1v) is 7.03. The summed E-state index contributed by atoms with van der Waals surface area (Å²) in [6, 6.07) is 8.34. The number of aliphatic hydroxyl groups is 1. The van der Waals surface area contributed by atoms with Crippen LogP contribution >= 0.6 is 0 Å². The molecule has 1 N–H and O–H groups in total. The number of nitrogens with zero attached hydrogens (tertiary/aromatic N) is 2. The molecule has 2 atom stereocenters. The van der Waals surface area contributed by atoms with E-state index >= 15 is 0 Å². The van der Waals surface area contributed by atoms with Gasteiger partial charge in [0.15, 0.2) is 5.82 Å². The number of benzene rings is 1. The van der Waals surface area contributed by atoms with E-state index < -0.39 is 6.10 Å². The van der Waals surface area contributed by atoms with E-state index in [0.717, 1.165) is 12.2 Å². The number of fused-ring (bicyclic) bond motifs is 1. The molecular weight excluding hydrogens is 252 g/mol. The number of rotatable bonds is 3. The molecule has 0 bridgehead atoms. The number of aromatic nitrogens is 2. The van der Waals surface area contributed by atoms with Crippen molar-refractivity contribution in [2.45, 2.75) is 45.6 Å². The van der Waals surface area contributed by atoms with Crippen molar-refractivity contribution in [3.05, 3.63) is 47.1 Å². The summed E-state index contributed by atoms with van der Waals surface area (Å²) >= 11 is 0. The van der Waals surface area contributed by atoms with Crippen LogP contribution in [0.5, 0.6) is 0 Å². The molecule has 0 amide bonds. The lowest BCUT2D eigenvalue weighted by molar-refractivity contribution is 0.0565. The van der Waals surface area contributed by atoms with Crippen molar-refractivity contribution in [2.24, 2.45) is 5.41 Å². The van der Waals surface area contributed by atoms with E-state index in [9.17, 15) is 5.11 Å². The third kappa shape index (κ3) is 2.36. The van der Waals surface area contributed by atoms with Crippen molar-refractivity contribution in [1.82, 2.24) is 10.1 Å². The molecule has 0 saturated carbocycles. The van der Waals surface area contributed by atoms with E-state index in [-0.39, 0.29) is 11.3 Å². The van der Waals surface area contributed by atoms with Gasteiger partial charge in [0.2, 0.25) is 5.89 Å². The molecule has 20 heavy (non-hydrogen) atoms. The fourth-order valence-corrected chi connectivity index (χ4v) is 2.45. The molecule has 0 saturated heterocycles. The summed E-state index contributed by atoms with van der Waals surface area (Å²) in [7, 11) is 0. The van der Waals surface area contributed by atoms with Gasteiger partial charge in [-0.1, -0.05) is 50.2 Å². The van der Waals surface area contributed by atoms with E-state index in [1.807, 2.05) is 26.8 Å². The zero-order valence-corrected chi connectivity index (χ0v) is 12.1. The lowest BCUT2D eigenvalue weighted by Crippen LogP contribution is -2.28. The summed E-state index contributed by atoms with van der Waals surface area (Å²) in [6.45, 7) is 5.99. The third-order valence-electron chi connectivity index (χ3n) is 4.02. The SMILES string of the molecule is CC(C)(C)C(O)Cc1nc(C2Cc3ccccc32)no1. The quantitative estimate of drug-likeness (QED) is 0.933. The molecular formula is C16H20N2O2. The van der Waals surface area contributed by atoms with Crippen LogP contribution in [0, 0.1) is 5.41 Å². The predicted molar refractivity (Wildman–Crippen MR) is 75.5 cm³/mol. The summed E-state index contributed by atoms with van der Waals surface area (Å²) in [5, 5.41) is 14.2. The zero-order valence-electron chi connectivity index (χ0n) is 12.1. The molecule has 1 aliphatic rings. The van der Waals surface area contributed by atoms with Crippen molar-refractivity contribution >= 4 is 0 Å². The molecule has 1 aromatic heterocycles. The summed E-state index contributed by atoms with van der Waals surface area (Å²) in [5.41, 5.74) is 2.47. The predicted octanol–water partition coefficient (Wildman–Crippen LogP) is 2.71. The topological polar surface area (TPSA) is 59.2 Å². The number of hydrogen-bond acceptors (Lipinski definition) is 4. The first-order valence-electron chi connectivity index (χ1n) is 7.03. The summed E-state index contributed by atoms with van der Waals surface area (Å²) in [5.74, 6) is 1.50. The maximum absolute atomic E-state index is 10.1. The average molecular weight is 272 g/mol. The average Bonchev–Trinajstić information content (AvgIpc) is 2.78. The van der Waals surface area contributed by atoms with Gasteiger partial charge < -0.3 is 9.63 Å². The summed E-state index contributed by atoms with van der Waals surface area (Å²) in [4.78, 5) is 4.45. The standard InChI is InChI=1S/C16H20N2O2/c1-16(2,3)13(19)9-14-17-15(18-20-14)12-8-10-6-4-5-7-11(10)12/h4-7,12-13,19H,8-9H2,1-3H3. The lowest BCUT2D eigenvalue weighted by atomic mass is 9.77. The Hall–Kier alpha value is -1.68. The number of hydrogen-bond donors (Lipinski definition) is 1. The fraction of sp³-hybridized carbons (Fsp3) is 0.500. The first-order chi connectivity index (χ1) is 9.45. The molecule has 1 heterocycles. The van der Waals surface area contributed by atoms with Crippen LogP contribution < -0.4 is 0 Å². The zero-order chi connectivity index (χ0) is 14.3. The van der Waals surface area contributed by atoms with E-state index in [4.69, 9.17) is 4.52 Å². The van der Waals surface area contributed by atoms with Gasteiger partial charge in [-0.25, -0.2) is 0 Å². The Labute approximate surface area is 118 Å². The Balaban J connectivity index is 1.73. The maximum Gasteiger partial charge on any atom is 0.229 e. The Morgan fingerprint density at radius 1 is 1.35 bits per heavy atom. The second-order valence-electron chi connectivity index (χ2n) is 6.59. The molecule has 0 aliphatic heterocycles. The van der Waals surface area contributed by atoms with Crippen molar-refractivity contribution in [2.75, 3.05) is 0 Å². The van der Waals surface area contributed by atoms with E-state index in [1.54, 1.807) is 0 Å². The van der Waals surface area contributed by atoms with Crippen LogP contribution in [0.4, 0.5) is 0 Å². The third-order valence-corrected chi connectivity index (χ3v) is 4.02. The monoisotopic (exact) mass is 272 g/mol. The van der Waals surface area contributed by atoms with Crippen molar-refractivity contribution in [1.29, 1.82) is 0 Å². The highest BCUT2D eigenvalue weighted by Gasteiger charge is 2.32. The first kappa shape index (κ1) is 13.3. The lowest BCUT2D eigenvalue weighted by Gasteiger charge is -2.27. The molecule has 1 aliphatic carbocycles. The molecule has 0 spiro atoms. The van der Waals surface area contributed by atoms with Crippen LogP contribution in [-0.4, -0.2) is 21.4 Å². The normalized spacial score (nSPS) is 19.3. The van der Waals surface area contributed by atoms with Gasteiger partial charge in [-0.3, -0.25) is 0 Å². The molecule has 1 aromatic carbocycles. The Morgan fingerprint density at radius 2 is 2.10 bits per heavy atom. The molecule has 3 rings (SSSR count). The van der Waals surface area contributed by atoms with Gasteiger partial charge in [0.1, 0.15) is 0 Å². The Kier molecular flexibility index (Phi) is 3.13. The van der Waals surface area contributed by atoms with Gasteiger partial charge in [0, 0.05) is 0 Å². The van der Waals surface area contributed by atoms with Crippen molar-refractivity contribution < 1.29 is 9.63 Å². The second kappa shape index (κ2) is 4.70. The molecule has 106 valence electrons. The second-order valence-corrected chi connectivity index (χ2v) is 6.59. The van der Waals surface area contributed by atoms with E-state index in [2.05, 4.69) is 28.3 Å². The highest BCUT2D eigenvalue weighted by molar-refractivity contribution is 5.43. The molecule has 0 fully saturated rings. The minimum absolute atomic E-state index is 0.183. The molecule has 4 heteroatoms. The minimum atomic E-state index is -0.482. The Bertz CT molecular complexity index is 613. The van der Waals surface area contributed by atoms with Crippen LogP contribution in [-0.2, 0) is 12.8 Å². The van der Waals surface area contributed by atoms with Crippen LogP contribution in [0.2, 0.25) is 0 Å². The van der Waals surface area contributed by atoms with Gasteiger partial charge in [-0.15, -0.1) is 0 Å². The maximum atomic E-state index is 10.1. The minimum Gasteiger partial charge on any atom is -0.392 e. The van der Waals surface area contributed by atoms with Crippen LogP contribution in [0.25, 0.3) is 0 Å². The van der Waals surface area contributed by atoms with Gasteiger partial charge in [-0.2, -0.15) is 4.98 Å². The summed E-state index contributed by atoms with van der Waals surface area (Å²) in [6.07, 6.45) is 0.895. The van der Waals surface area contributed by atoms with Crippen molar-refractivity contribution in [3.63, 3.8) is 0 Å². The van der Waals surface area contributed by atoms with Crippen LogP contribution in [0.3, 0.4) is 0 Å². The largest absolute Gasteiger partial charge is 0.392 e. The molecule has 2 unspecified atom stereocenters. The van der Waals surface area contributed by atoms with Crippen LogP contribution in [0.1, 0.15) is 49.5 Å². The molecule has 2 aromatic rings. The van der Waals surface area contributed by atoms with Crippen LogP contribution in [0.15, 0.2) is 28.8 Å². The van der Waals surface area contributed by atoms with E-state index in [0.29, 0.717) is 12.3 Å².